The van der Waals surface area contributed by atoms with E-state index >= 15 is 0 Å². The number of anilines is 1. The number of nitrogens with one attached hydrogen (secondary N) is 1. The fourth-order valence-electron chi connectivity index (χ4n) is 2.11. The topological polar surface area (TPSA) is 107 Å². The van der Waals surface area contributed by atoms with Crippen LogP contribution in [0.5, 0.6) is 5.75 Å². The lowest BCUT2D eigenvalue weighted by Gasteiger charge is -2.06. The molecular formula is C13H16N4O3. The maximum Gasteiger partial charge on any atom is 0.311 e. The van der Waals surface area contributed by atoms with Crippen LogP contribution in [-0.4, -0.2) is 22.2 Å². The van der Waals surface area contributed by atoms with Gasteiger partial charge in [-0.2, -0.15) is 5.10 Å². The highest BCUT2D eigenvalue weighted by Crippen LogP contribution is 2.34. The lowest BCUT2D eigenvalue weighted by molar-refractivity contribution is -0.385. The monoisotopic (exact) mass is 276 g/mol. The zero-order valence-electron chi connectivity index (χ0n) is 11.3. The molecule has 0 unspecified atom stereocenters. The van der Waals surface area contributed by atoms with Crippen LogP contribution >= 0.6 is 0 Å². The fraction of sp³-hybridized carbons (Fsp3) is 0.308. The van der Waals surface area contributed by atoms with Crippen LogP contribution in [0.25, 0.3) is 11.3 Å². The van der Waals surface area contributed by atoms with Crippen LogP contribution in [-0.2, 0) is 6.42 Å². The van der Waals surface area contributed by atoms with Crippen LogP contribution in [0.3, 0.4) is 0 Å². The summed E-state index contributed by atoms with van der Waals surface area (Å²) in [6.07, 6.45) is 1.67. The highest BCUT2D eigenvalue weighted by molar-refractivity contribution is 5.71. The molecule has 7 nitrogen and oxygen atoms in total. The van der Waals surface area contributed by atoms with Crippen LogP contribution in [0.1, 0.15) is 18.9 Å². The molecule has 0 saturated heterocycles. The third kappa shape index (κ3) is 2.42. The SMILES string of the molecule is CCCc1c(N)n[nH]c1-c1ccc(OC)c([N+](=O)[O-])c1. The van der Waals surface area contributed by atoms with Crippen LogP contribution in [0.2, 0.25) is 0 Å². The highest BCUT2D eigenvalue weighted by atomic mass is 16.6. The number of hydrogen-bond donors (Lipinski definition) is 2. The largest absolute Gasteiger partial charge is 0.490 e. The molecule has 3 N–H and O–H groups in total. The molecule has 0 aliphatic carbocycles. The molecule has 106 valence electrons. The lowest BCUT2D eigenvalue weighted by Crippen LogP contribution is -1.96. The minimum Gasteiger partial charge on any atom is -0.490 e. The van der Waals surface area contributed by atoms with Crippen LogP contribution in [0.4, 0.5) is 11.5 Å². The summed E-state index contributed by atoms with van der Waals surface area (Å²) in [5.41, 5.74) is 8.01. The first-order valence-corrected chi connectivity index (χ1v) is 6.24. The molecule has 2 aromatic rings. The van der Waals surface area contributed by atoms with Gasteiger partial charge in [0.05, 0.1) is 17.7 Å². The number of nitro groups is 1. The second-order valence-corrected chi connectivity index (χ2v) is 4.36. The van der Waals surface area contributed by atoms with Crippen molar-refractivity contribution in [3.05, 3.63) is 33.9 Å². The van der Waals surface area contributed by atoms with Crippen molar-refractivity contribution in [2.24, 2.45) is 0 Å². The predicted molar refractivity (Wildman–Crippen MR) is 75.6 cm³/mol. The molecular weight excluding hydrogens is 260 g/mol. The lowest BCUT2D eigenvalue weighted by atomic mass is 10.0. The Kier molecular flexibility index (Phi) is 3.88. The van der Waals surface area contributed by atoms with Crippen molar-refractivity contribution in [2.75, 3.05) is 12.8 Å². The molecule has 1 heterocycles. The van der Waals surface area contributed by atoms with Crippen molar-refractivity contribution in [3.63, 3.8) is 0 Å². The molecule has 0 amide bonds. The Hall–Kier alpha value is -2.57. The summed E-state index contributed by atoms with van der Waals surface area (Å²) in [6, 6.07) is 4.78. The molecule has 20 heavy (non-hydrogen) atoms. The van der Waals surface area contributed by atoms with Gasteiger partial charge in [0.1, 0.15) is 5.82 Å². The van der Waals surface area contributed by atoms with Crippen molar-refractivity contribution in [3.8, 4) is 17.0 Å². The zero-order chi connectivity index (χ0) is 14.7. The van der Waals surface area contributed by atoms with Gasteiger partial charge in [-0.3, -0.25) is 15.2 Å². The van der Waals surface area contributed by atoms with E-state index in [9.17, 15) is 10.1 Å². The maximum absolute atomic E-state index is 11.1. The number of benzene rings is 1. The summed E-state index contributed by atoms with van der Waals surface area (Å²) in [5.74, 6) is 0.656. The van der Waals surface area contributed by atoms with Gasteiger partial charge in [0.2, 0.25) is 0 Å². The molecule has 0 atom stereocenters. The minimum absolute atomic E-state index is 0.0828. The number of aromatic nitrogens is 2. The molecule has 2 rings (SSSR count). The number of ether oxygens (including phenoxy) is 1. The average molecular weight is 276 g/mol. The number of rotatable bonds is 5. The Morgan fingerprint density at radius 3 is 2.85 bits per heavy atom. The number of H-pyrrole nitrogens is 1. The van der Waals surface area contributed by atoms with Gasteiger partial charge in [0.15, 0.2) is 5.75 Å². The van der Waals surface area contributed by atoms with E-state index in [1.54, 1.807) is 12.1 Å². The number of aromatic amines is 1. The number of nitro benzene ring substituents is 1. The summed E-state index contributed by atoms with van der Waals surface area (Å²) in [6.45, 7) is 2.03. The van der Waals surface area contributed by atoms with Crippen LogP contribution in [0.15, 0.2) is 18.2 Å². The third-order valence-electron chi connectivity index (χ3n) is 3.06. The normalized spacial score (nSPS) is 10.5. The first-order valence-electron chi connectivity index (χ1n) is 6.24. The number of nitrogen functional groups attached to an aromatic ring is 1. The van der Waals surface area contributed by atoms with E-state index in [-0.39, 0.29) is 11.4 Å². The van der Waals surface area contributed by atoms with E-state index in [0.29, 0.717) is 11.4 Å². The number of methoxy groups -OCH3 is 1. The molecule has 0 bridgehead atoms. The van der Waals surface area contributed by atoms with E-state index in [4.69, 9.17) is 10.5 Å². The Labute approximate surface area is 115 Å². The molecule has 0 fully saturated rings. The number of nitrogens with zero attached hydrogens (tertiary/aromatic N) is 2. The van der Waals surface area contributed by atoms with E-state index in [2.05, 4.69) is 10.2 Å². The van der Waals surface area contributed by atoms with Gasteiger partial charge < -0.3 is 10.5 Å². The maximum atomic E-state index is 11.1. The van der Waals surface area contributed by atoms with Gasteiger partial charge >= 0.3 is 5.69 Å². The fourth-order valence-corrected chi connectivity index (χ4v) is 2.11. The summed E-state index contributed by atoms with van der Waals surface area (Å²) >= 11 is 0. The van der Waals surface area contributed by atoms with Gasteiger partial charge in [0, 0.05) is 17.2 Å². The van der Waals surface area contributed by atoms with Crippen LogP contribution < -0.4 is 10.5 Å². The summed E-state index contributed by atoms with van der Waals surface area (Å²) < 4.78 is 4.99. The zero-order valence-corrected chi connectivity index (χ0v) is 11.3. The molecule has 0 spiro atoms. The number of nitrogens with two attached hydrogens (primary N) is 1. The van der Waals surface area contributed by atoms with Crippen molar-refractivity contribution in [1.29, 1.82) is 0 Å². The second kappa shape index (κ2) is 5.60. The molecule has 1 aromatic carbocycles. The molecule has 0 aliphatic heterocycles. The minimum atomic E-state index is -0.471. The second-order valence-electron chi connectivity index (χ2n) is 4.36. The summed E-state index contributed by atoms with van der Waals surface area (Å²) in [7, 11) is 1.40. The molecule has 0 aliphatic rings. The molecule has 1 aromatic heterocycles. The first-order chi connectivity index (χ1) is 9.58. The van der Waals surface area contributed by atoms with Crippen molar-refractivity contribution in [2.45, 2.75) is 19.8 Å². The summed E-state index contributed by atoms with van der Waals surface area (Å²) in [5, 5.41) is 17.9. The number of hydrogen-bond acceptors (Lipinski definition) is 5. The molecule has 0 saturated carbocycles. The van der Waals surface area contributed by atoms with Crippen molar-refractivity contribution < 1.29 is 9.66 Å². The molecule has 7 heteroatoms. The van der Waals surface area contributed by atoms with E-state index < -0.39 is 4.92 Å². The van der Waals surface area contributed by atoms with Gasteiger partial charge in [-0.15, -0.1) is 0 Å². The van der Waals surface area contributed by atoms with E-state index in [1.807, 2.05) is 6.92 Å². The van der Waals surface area contributed by atoms with E-state index in [1.165, 1.54) is 13.2 Å². The highest BCUT2D eigenvalue weighted by Gasteiger charge is 2.19. The van der Waals surface area contributed by atoms with Gasteiger partial charge in [-0.25, -0.2) is 0 Å². The van der Waals surface area contributed by atoms with Gasteiger partial charge in [-0.1, -0.05) is 13.3 Å². The van der Waals surface area contributed by atoms with Crippen molar-refractivity contribution in [1.82, 2.24) is 10.2 Å². The Bertz CT molecular complexity index is 637. The molecule has 0 radical (unpaired) electrons. The quantitative estimate of drug-likeness (QED) is 0.644. The predicted octanol–water partition coefficient (Wildman–Crippen LogP) is 2.53. The smallest absolute Gasteiger partial charge is 0.311 e. The first kappa shape index (κ1) is 13.9. The Balaban J connectivity index is 2.53. The Morgan fingerprint density at radius 1 is 1.50 bits per heavy atom. The van der Waals surface area contributed by atoms with Crippen LogP contribution in [0, 0.1) is 10.1 Å². The summed E-state index contributed by atoms with van der Waals surface area (Å²) in [4.78, 5) is 10.6. The standard InChI is InChI=1S/C13H16N4O3/c1-3-4-9-12(15-16-13(9)14)8-5-6-11(20-2)10(7-8)17(18)19/h5-7H,3-4H2,1-2H3,(H3,14,15,16). The van der Waals surface area contributed by atoms with Gasteiger partial charge in [-0.05, 0) is 18.6 Å². The van der Waals surface area contributed by atoms with Crippen molar-refractivity contribution >= 4 is 11.5 Å². The third-order valence-corrected chi connectivity index (χ3v) is 3.06. The average Bonchev–Trinajstić information content (AvgIpc) is 2.80. The van der Waals surface area contributed by atoms with E-state index in [0.717, 1.165) is 24.1 Å². The van der Waals surface area contributed by atoms with Gasteiger partial charge in [0.25, 0.3) is 0 Å². The Morgan fingerprint density at radius 2 is 2.25 bits per heavy atom.